The summed E-state index contributed by atoms with van der Waals surface area (Å²) in [7, 11) is 0. The second-order valence-corrected chi connectivity index (χ2v) is 11.5. The molecule has 2 aromatic rings. The molecule has 2 fully saturated rings. The van der Waals surface area contributed by atoms with E-state index in [0.29, 0.717) is 25.7 Å². The van der Waals surface area contributed by atoms with E-state index in [0.717, 1.165) is 31.4 Å². The quantitative estimate of drug-likeness (QED) is 0.310. The fourth-order valence-electron chi connectivity index (χ4n) is 6.10. The molecule has 1 aliphatic carbocycles. The van der Waals surface area contributed by atoms with Crippen LogP contribution < -0.4 is 4.74 Å². The van der Waals surface area contributed by atoms with Crippen molar-refractivity contribution in [1.29, 1.82) is 0 Å². The molecule has 2 aliphatic rings. The topological polar surface area (TPSA) is 47.9 Å². The first kappa shape index (κ1) is 27.2. The molecule has 0 bridgehead atoms. The van der Waals surface area contributed by atoms with Crippen LogP contribution in [-0.4, -0.2) is 30.7 Å². The van der Waals surface area contributed by atoms with Crippen LogP contribution in [0.1, 0.15) is 101 Å². The lowest BCUT2D eigenvalue weighted by molar-refractivity contribution is -0.187. The predicted molar refractivity (Wildman–Crippen MR) is 145 cm³/mol. The second-order valence-electron chi connectivity index (χ2n) is 11.5. The monoisotopic (exact) mass is 494 g/mol. The summed E-state index contributed by atoms with van der Waals surface area (Å²) < 4.78 is 18.9. The van der Waals surface area contributed by atoms with Gasteiger partial charge in [0.05, 0.1) is 13.2 Å². The van der Waals surface area contributed by atoms with Crippen molar-refractivity contribution in [2.24, 2.45) is 5.92 Å². The molecule has 0 unspecified atom stereocenters. The number of aliphatic hydroxyl groups is 1. The maximum Gasteiger partial charge on any atom is 0.169 e. The van der Waals surface area contributed by atoms with Crippen LogP contribution >= 0.6 is 0 Å². The van der Waals surface area contributed by atoms with Gasteiger partial charge in [0.15, 0.2) is 5.79 Å². The van der Waals surface area contributed by atoms with Gasteiger partial charge in [0.2, 0.25) is 0 Å². The first-order valence-electron chi connectivity index (χ1n) is 14.2. The fraction of sp³-hybridized carbons (Fsp3) is 0.625. The minimum Gasteiger partial charge on any atom is -0.489 e. The number of benzene rings is 2. The minimum absolute atomic E-state index is 0.0904. The van der Waals surface area contributed by atoms with Crippen molar-refractivity contribution in [3.8, 4) is 5.75 Å². The van der Waals surface area contributed by atoms with Crippen molar-refractivity contribution in [2.45, 2.75) is 102 Å². The minimum atomic E-state index is -0.482. The van der Waals surface area contributed by atoms with E-state index in [1.54, 1.807) is 0 Å². The Labute approximate surface area is 218 Å². The van der Waals surface area contributed by atoms with Crippen LogP contribution in [0.25, 0.3) is 0 Å². The summed E-state index contributed by atoms with van der Waals surface area (Å²) in [4.78, 5) is 0. The van der Waals surface area contributed by atoms with E-state index in [-0.39, 0.29) is 17.9 Å². The molecule has 36 heavy (non-hydrogen) atoms. The molecule has 1 N–H and O–H groups in total. The molecule has 1 spiro atoms. The number of rotatable bonds is 12. The van der Waals surface area contributed by atoms with Gasteiger partial charge >= 0.3 is 0 Å². The van der Waals surface area contributed by atoms with Crippen molar-refractivity contribution in [2.75, 3.05) is 19.8 Å². The van der Waals surface area contributed by atoms with Gasteiger partial charge < -0.3 is 19.3 Å². The summed E-state index contributed by atoms with van der Waals surface area (Å²) in [6, 6.07) is 17.3. The molecule has 1 saturated heterocycles. The Bertz CT molecular complexity index is 932. The molecule has 0 amide bonds. The van der Waals surface area contributed by atoms with Gasteiger partial charge in [0.1, 0.15) is 12.4 Å². The Kier molecular flexibility index (Phi) is 9.49. The molecule has 2 atom stereocenters. The summed E-state index contributed by atoms with van der Waals surface area (Å²) in [6.07, 6.45) is 9.79. The molecule has 0 aromatic heterocycles. The zero-order chi connectivity index (χ0) is 25.4. The Balaban J connectivity index is 1.63. The highest BCUT2D eigenvalue weighted by atomic mass is 16.7. The maximum absolute atomic E-state index is 9.84. The lowest BCUT2D eigenvalue weighted by Crippen LogP contribution is -2.39. The first-order chi connectivity index (χ1) is 17.5. The van der Waals surface area contributed by atoms with E-state index >= 15 is 0 Å². The van der Waals surface area contributed by atoms with Crippen molar-refractivity contribution < 1.29 is 19.3 Å². The molecule has 198 valence electrons. The van der Waals surface area contributed by atoms with Crippen LogP contribution in [0.3, 0.4) is 0 Å². The summed E-state index contributed by atoms with van der Waals surface area (Å²) in [5, 5.41) is 9.84. The third kappa shape index (κ3) is 6.70. The molecular formula is C32H46O4. The predicted octanol–water partition coefficient (Wildman–Crippen LogP) is 7.52. The lowest BCUT2D eigenvalue weighted by atomic mass is 9.70. The van der Waals surface area contributed by atoms with E-state index < -0.39 is 5.79 Å². The van der Waals surface area contributed by atoms with Crippen LogP contribution in [0.4, 0.5) is 0 Å². The van der Waals surface area contributed by atoms with Crippen LogP contribution in [0.2, 0.25) is 0 Å². The number of aliphatic hydroxyl groups excluding tert-OH is 1. The molecule has 0 radical (unpaired) electrons. The molecule has 2 aromatic carbocycles. The fourth-order valence-corrected chi connectivity index (χ4v) is 6.10. The molecular weight excluding hydrogens is 448 g/mol. The highest BCUT2D eigenvalue weighted by Gasteiger charge is 2.46. The van der Waals surface area contributed by atoms with Crippen LogP contribution in [0, 0.1) is 5.92 Å². The summed E-state index contributed by atoms with van der Waals surface area (Å²) in [6.45, 7) is 9.07. The Morgan fingerprint density at radius 3 is 2.53 bits per heavy atom. The third-order valence-electron chi connectivity index (χ3n) is 8.40. The molecule has 1 aliphatic heterocycles. The van der Waals surface area contributed by atoms with E-state index in [4.69, 9.17) is 14.2 Å². The standard InChI is InChI=1S/C32H46O4/c1-4-5-6-10-17-31(2,3)27-13-14-28(30(22-27)34-24-25-11-8-7-9-12-25)29-23-32(35-20-21-36-32)18-15-26(29)16-19-33/h7-9,11-14,22,26,29,33H,4-6,10,15-21,23-24H2,1-3H3/t26-,29+/m0/s1. The second kappa shape index (κ2) is 12.6. The van der Waals surface area contributed by atoms with Crippen molar-refractivity contribution >= 4 is 0 Å². The lowest BCUT2D eigenvalue weighted by Gasteiger charge is -2.42. The zero-order valence-electron chi connectivity index (χ0n) is 22.6. The van der Waals surface area contributed by atoms with Gasteiger partial charge in [-0.25, -0.2) is 0 Å². The van der Waals surface area contributed by atoms with Gasteiger partial charge in [-0.15, -0.1) is 0 Å². The maximum atomic E-state index is 9.84. The van der Waals surface area contributed by atoms with Gasteiger partial charge in [-0.1, -0.05) is 88.9 Å². The van der Waals surface area contributed by atoms with Crippen LogP contribution in [-0.2, 0) is 21.5 Å². The van der Waals surface area contributed by atoms with Crippen molar-refractivity contribution in [3.63, 3.8) is 0 Å². The number of unbranched alkanes of at least 4 members (excludes halogenated alkanes) is 3. The summed E-state index contributed by atoms with van der Waals surface area (Å²) in [5.74, 6) is 1.11. The zero-order valence-corrected chi connectivity index (χ0v) is 22.6. The van der Waals surface area contributed by atoms with Crippen molar-refractivity contribution in [1.82, 2.24) is 0 Å². The van der Waals surface area contributed by atoms with Gasteiger partial charge in [-0.2, -0.15) is 0 Å². The number of ether oxygens (including phenoxy) is 3. The molecule has 4 heteroatoms. The molecule has 1 saturated carbocycles. The third-order valence-corrected chi connectivity index (χ3v) is 8.40. The van der Waals surface area contributed by atoms with Gasteiger partial charge in [0, 0.05) is 19.4 Å². The highest BCUT2D eigenvalue weighted by Crippen LogP contribution is 2.50. The molecule has 4 rings (SSSR count). The largest absolute Gasteiger partial charge is 0.489 e. The highest BCUT2D eigenvalue weighted by molar-refractivity contribution is 5.43. The Morgan fingerprint density at radius 1 is 1.03 bits per heavy atom. The van der Waals surface area contributed by atoms with Gasteiger partial charge in [-0.3, -0.25) is 0 Å². The van der Waals surface area contributed by atoms with Crippen molar-refractivity contribution in [3.05, 3.63) is 65.2 Å². The number of hydrogen-bond acceptors (Lipinski definition) is 4. The van der Waals surface area contributed by atoms with Gasteiger partial charge in [0.25, 0.3) is 0 Å². The Morgan fingerprint density at radius 2 is 1.81 bits per heavy atom. The smallest absolute Gasteiger partial charge is 0.169 e. The van der Waals surface area contributed by atoms with Crippen LogP contribution in [0.15, 0.2) is 48.5 Å². The van der Waals surface area contributed by atoms with E-state index in [1.165, 1.54) is 48.8 Å². The first-order valence-corrected chi connectivity index (χ1v) is 14.2. The molecule has 1 heterocycles. The number of hydrogen-bond donors (Lipinski definition) is 1. The summed E-state index contributed by atoms with van der Waals surface area (Å²) in [5.41, 5.74) is 3.83. The van der Waals surface area contributed by atoms with E-state index in [1.807, 2.05) is 6.07 Å². The van der Waals surface area contributed by atoms with E-state index in [2.05, 4.69) is 63.2 Å². The normalized spacial score (nSPS) is 21.7. The average Bonchev–Trinajstić information content (AvgIpc) is 3.35. The summed E-state index contributed by atoms with van der Waals surface area (Å²) >= 11 is 0. The molecule has 4 nitrogen and oxygen atoms in total. The SMILES string of the molecule is CCCCCCC(C)(C)c1ccc([C@@H]2CC3(CC[C@H]2CCO)OCCO3)c(OCc2ccccc2)c1. The van der Waals surface area contributed by atoms with E-state index in [9.17, 15) is 5.11 Å². The Hall–Kier alpha value is -1.88. The van der Waals surface area contributed by atoms with Crippen LogP contribution in [0.5, 0.6) is 5.75 Å². The average molecular weight is 495 g/mol. The van der Waals surface area contributed by atoms with Gasteiger partial charge in [-0.05, 0) is 59.3 Å².